The third kappa shape index (κ3) is 3.37. The lowest BCUT2D eigenvalue weighted by Gasteiger charge is -2.08. The summed E-state index contributed by atoms with van der Waals surface area (Å²) in [6.07, 6.45) is 1.85. The molecule has 0 aliphatic rings. The smallest absolute Gasteiger partial charge is 0.148 e. The van der Waals surface area contributed by atoms with E-state index >= 15 is 0 Å². The molecule has 0 radical (unpaired) electrons. The number of rotatable bonds is 3. The van der Waals surface area contributed by atoms with Crippen LogP contribution in [0.15, 0.2) is 27.7 Å². The van der Waals surface area contributed by atoms with Crippen LogP contribution in [0.1, 0.15) is 11.1 Å². The van der Waals surface area contributed by atoms with E-state index in [9.17, 15) is 5.11 Å². The third-order valence-electron chi connectivity index (χ3n) is 2.79. The molecule has 0 aliphatic carbocycles. The molecule has 0 saturated carbocycles. The van der Waals surface area contributed by atoms with E-state index in [1.54, 1.807) is 13.1 Å². The van der Waals surface area contributed by atoms with Gasteiger partial charge in [-0.3, -0.25) is 0 Å². The molecule has 1 aromatic heterocycles. The Kier molecular flexibility index (Phi) is 4.77. The van der Waals surface area contributed by atoms with Gasteiger partial charge in [-0.2, -0.15) is 0 Å². The van der Waals surface area contributed by atoms with Gasteiger partial charge in [-0.15, -0.1) is 10.2 Å². The van der Waals surface area contributed by atoms with Crippen LogP contribution in [0.25, 0.3) is 17.3 Å². The highest BCUT2D eigenvalue weighted by Crippen LogP contribution is 2.32. The zero-order valence-electron chi connectivity index (χ0n) is 11.0. The van der Waals surface area contributed by atoms with Crippen molar-refractivity contribution in [1.29, 1.82) is 0 Å². The first-order chi connectivity index (χ1) is 9.51. The van der Waals surface area contributed by atoms with Crippen LogP contribution < -0.4 is 5.32 Å². The second-order valence-corrected chi connectivity index (χ2v) is 6.99. The van der Waals surface area contributed by atoms with Crippen molar-refractivity contribution in [3.8, 4) is 17.0 Å². The van der Waals surface area contributed by atoms with E-state index in [1.165, 1.54) is 0 Å². The number of phenols is 1. The number of aromatic hydroxyl groups is 1. The van der Waals surface area contributed by atoms with Gasteiger partial charge in [-0.25, -0.2) is 0 Å². The van der Waals surface area contributed by atoms with Gasteiger partial charge in [-0.1, -0.05) is 6.07 Å². The van der Waals surface area contributed by atoms with Crippen LogP contribution in [0, 0.1) is 6.92 Å². The lowest BCUT2D eigenvalue weighted by Crippen LogP contribution is -1.98. The molecule has 1 aromatic carbocycles. The SMILES string of the molecule is CNc1cc(C)c(-c2ccc(C=C(Br)Br)cc2O)nn1. The molecular formula is C14H13Br2N3O. The molecule has 0 fully saturated rings. The lowest BCUT2D eigenvalue weighted by atomic mass is 10.0. The van der Waals surface area contributed by atoms with Crippen molar-refractivity contribution >= 4 is 43.8 Å². The Bertz CT molecular complexity index is 667. The number of hydrogen-bond acceptors (Lipinski definition) is 4. The molecule has 0 aliphatic heterocycles. The Morgan fingerprint density at radius 1 is 1.25 bits per heavy atom. The number of aryl methyl sites for hydroxylation is 1. The van der Waals surface area contributed by atoms with Gasteiger partial charge in [0.25, 0.3) is 0 Å². The van der Waals surface area contributed by atoms with Crippen molar-refractivity contribution < 1.29 is 5.11 Å². The Morgan fingerprint density at radius 2 is 2.00 bits per heavy atom. The van der Waals surface area contributed by atoms with Crippen molar-refractivity contribution in [2.75, 3.05) is 12.4 Å². The van der Waals surface area contributed by atoms with Crippen LogP contribution in [0.3, 0.4) is 0 Å². The van der Waals surface area contributed by atoms with Gasteiger partial charge < -0.3 is 10.4 Å². The minimum absolute atomic E-state index is 0.176. The quantitative estimate of drug-likeness (QED) is 0.809. The first-order valence-corrected chi connectivity index (χ1v) is 7.48. The molecule has 2 aromatic rings. The highest BCUT2D eigenvalue weighted by Gasteiger charge is 2.10. The molecule has 0 saturated heterocycles. The van der Waals surface area contributed by atoms with E-state index in [1.807, 2.05) is 31.2 Å². The summed E-state index contributed by atoms with van der Waals surface area (Å²) < 4.78 is 0.812. The van der Waals surface area contributed by atoms with E-state index in [4.69, 9.17) is 0 Å². The van der Waals surface area contributed by atoms with E-state index in [2.05, 4.69) is 47.4 Å². The van der Waals surface area contributed by atoms with Crippen LogP contribution in [0.4, 0.5) is 5.82 Å². The summed E-state index contributed by atoms with van der Waals surface area (Å²) in [6.45, 7) is 1.94. The van der Waals surface area contributed by atoms with Crippen LogP contribution >= 0.6 is 31.9 Å². The summed E-state index contributed by atoms with van der Waals surface area (Å²) >= 11 is 6.59. The Balaban J connectivity index is 2.46. The maximum Gasteiger partial charge on any atom is 0.148 e. The van der Waals surface area contributed by atoms with E-state index in [0.717, 1.165) is 14.5 Å². The minimum atomic E-state index is 0.176. The predicted molar refractivity (Wildman–Crippen MR) is 89.2 cm³/mol. The maximum atomic E-state index is 10.2. The number of benzene rings is 1. The summed E-state index contributed by atoms with van der Waals surface area (Å²) in [6, 6.07) is 7.32. The summed E-state index contributed by atoms with van der Waals surface area (Å²) in [7, 11) is 1.79. The van der Waals surface area contributed by atoms with Crippen molar-refractivity contribution in [3.05, 3.63) is 38.8 Å². The average molecular weight is 399 g/mol. The number of nitrogens with one attached hydrogen (secondary N) is 1. The Morgan fingerprint density at radius 3 is 2.55 bits per heavy atom. The molecule has 0 amide bonds. The monoisotopic (exact) mass is 397 g/mol. The Labute approximate surface area is 134 Å². The molecule has 6 heteroatoms. The first kappa shape index (κ1) is 15.0. The molecule has 1 heterocycles. The van der Waals surface area contributed by atoms with Gasteiger partial charge in [0.15, 0.2) is 0 Å². The number of anilines is 1. The predicted octanol–water partition coefficient (Wildman–Crippen LogP) is 4.29. The zero-order valence-corrected chi connectivity index (χ0v) is 14.2. The topological polar surface area (TPSA) is 58.0 Å². The highest BCUT2D eigenvalue weighted by molar-refractivity contribution is 9.28. The van der Waals surface area contributed by atoms with Gasteiger partial charge in [0.2, 0.25) is 0 Å². The van der Waals surface area contributed by atoms with Crippen molar-refractivity contribution in [2.24, 2.45) is 0 Å². The van der Waals surface area contributed by atoms with Crippen molar-refractivity contribution in [1.82, 2.24) is 10.2 Å². The molecule has 2 rings (SSSR count). The third-order valence-corrected chi connectivity index (χ3v) is 3.25. The Hall–Kier alpha value is -1.40. The number of nitrogens with zero attached hydrogens (tertiary/aromatic N) is 2. The van der Waals surface area contributed by atoms with E-state index in [0.29, 0.717) is 17.1 Å². The number of phenolic OH excluding ortho intramolecular Hbond substituents is 1. The van der Waals surface area contributed by atoms with Gasteiger partial charge >= 0.3 is 0 Å². The fourth-order valence-electron chi connectivity index (χ4n) is 1.84. The second-order valence-electron chi connectivity index (χ2n) is 4.22. The van der Waals surface area contributed by atoms with Crippen molar-refractivity contribution in [2.45, 2.75) is 6.92 Å². The first-order valence-electron chi connectivity index (χ1n) is 5.89. The second kappa shape index (κ2) is 6.37. The van der Waals surface area contributed by atoms with Gasteiger partial charge in [0, 0.05) is 12.6 Å². The molecule has 20 heavy (non-hydrogen) atoms. The van der Waals surface area contributed by atoms with Gasteiger partial charge in [-0.05, 0) is 74.2 Å². The summed E-state index contributed by atoms with van der Waals surface area (Å²) in [4.78, 5) is 0. The zero-order chi connectivity index (χ0) is 14.7. The van der Waals surface area contributed by atoms with Crippen LogP contribution in [0.5, 0.6) is 5.75 Å². The molecule has 0 bridgehead atoms. The summed E-state index contributed by atoms with van der Waals surface area (Å²) in [5.74, 6) is 0.878. The van der Waals surface area contributed by atoms with Crippen molar-refractivity contribution in [3.63, 3.8) is 0 Å². The van der Waals surface area contributed by atoms with Gasteiger partial charge in [0.1, 0.15) is 11.6 Å². The maximum absolute atomic E-state index is 10.2. The largest absolute Gasteiger partial charge is 0.507 e. The normalized spacial score (nSPS) is 10.2. The van der Waals surface area contributed by atoms with Crippen LogP contribution in [0.2, 0.25) is 0 Å². The van der Waals surface area contributed by atoms with Crippen LogP contribution in [-0.4, -0.2) is 22.4 Å². The highest BCUT2D eigenvalue weighted by atomic mass is 79.9. The summed E-state index contributed by atoms with van der Waals surface area (Å²) in [5, 5.41) is 21.3. The molecule has 104 valence electrons. The van der Waals surface area contributed by atoms with Crippen LogP contribution in [-0.2, 0) is 0 Å². The summed E-state index contributed by atoms with van der Waals surface area (Å²) in [5.41, 5.74) is 3.17. The van der Waals surface area contributed by atoms with Gasteiger partial charge in [0.05, 0.1) is 9.09 Å². The molecule has 0 spiro atoms. The fourth-order valence-corrected chi connectivity index (χ4v) is 2.37. The molecule has 0 atom stereocenters. The molecule has 2 N–H and O–H groups in total. The molecule has 4 nitrogen and oxygen atoms in total. The molecule has 0 unspecified atom stereocenters. The number of hydrogen-bond donors (Lipinski definition) is 2. The van der Waals surface area contributed by atoms with E-state index < -0.39 is 0 Å². The minimum Gasteiger partial charge on any atom is -0.507 e. The average Bonchev–Trinajstić information content (AvgIpc) is 2.39. The molecular weight excluding hydrogens is 386 g/mol. The van der Waals surface area contributed by atoms with E-state index in [-0.39, 0.29) is 5.75 Å². The fraction of sp³-hybridized carbons (Fsp3) is 0.143. The lowest BCUT2D eigenvalue weighted by molar-refractivity contribution is 0.477. The number of aromatic nitrogens is 2. The number of halogens is 2. The standard InChI is InChI=1S/C14H13Br2N3O/c1-8-5-13(17-2)18-19-14(8)10-4-3-9(6-11(10)20)7-12(15)16/h3-7,20H,1-2H3,(H,17,18).